The largest absolute Gasteiger partial charge is 0.612 e. The number of aromatic hydroxyl groups is 1. The Kier molecular flexibility index (Phi) is 9.36. The van der Waals surface area contributed by atoms with Gasteiger partial charge in [-0.25, -0.2) is 0 Å². The first-order chi connectivity index (χ1) is 12.6. The van der Waals surface area contributed by atoms with Gasteiger partial charge < -0.3 is 20.1 Å². The van der Waals surface area contributed by atoms with Crippen LogP contribution in [-0.4, -0.2) is 39.9 Å². The molecule has 3 N–H and O–H groups in total. The van der Waals surface area contributed by atoms with E-state index in [1.54, 1.807) is 12.1 Å². The van der Waals surface area contributed by atoms with Crippen molar-refractivity contribution in [1.82, 2.24) is 5.32 Å². The van der Waals surface area contributed by atoms with Crippen molar-refractivity contribution < 1.29 is 14.8 Å². The zero-order chi connectivity index (χ0) is 18.8. The summed E-state index contributed by atoms with van der Waals surface area (Å²) in [5.74, 6) is 2.18. The van der Waals surface area contributed by atoms with Crippen molar-refractivity contribution in [3.8, 4) is 5.75 Å². The second kappa shape index (κ2) is 11.5. The molecule has 0 fully saturated rings. The van der Waals surface area contributed by atoms with Crippen LogP contribution in [0.1, 0.15) is 30.1 Å². The van der Waals surface area contributed by atoms with E-state index >= 15 is 0 Å². The second-order valence-corrected chi connectivity index (χ2v) is 8.60. The Hall–Kier alpha value is -1.18. The third-order valence-electron chi connectivity index (χ3n) is 4.02. The fraction of sp³-hybridized carbons (Fsp3) is 0.400. The predicted molar refractivity (Wildman–Crippen MR) is 110 cm³/mol. The summed E-state index contributed by atoms with van der Waals surface area (Å²) >= 11 is 0.666. The molecule has 26 heavy (non-hydrogen) atoms. The van der Waals surface area contributed by atoms with Gasteiger partial charge >= 0.3 is 0 Å². The van der Waals surface area contributed by atoms with E-state index in [1.165, 1.54) is 17.9 Å². The van der Waals surface area contributed by atoms with Crippen molar-refractivity contribution in [2.24, 2.45) is 0 Å². The Morgan fingerprint density at radius 1 is 1.15 bits per heavy atom. The Bertz CT molecular complexity index is 653. The standard InChI is InChI=1S/C20H27NO3S2/c1-26(24)20-13-17(9-10-18(20)22)19(23)14-21-11-5-6-12-25-15-16-7-3-2-4-8-16/h2-4,7-10,13,19,21-23H,5-6,11-12,14-15H2,1H3. The molecule has 0 spiro atoms. The van der Waals surface area contributed by atoms with Crippen LogP contribution in [-0.2, 0) is 16.9 Å². The Balaban J connectivity index is 1.59. The monoisotopic (exact) mass is 393 g/mol. The highest BCUT2D eigenvalue weighted by atomic mass is 32.2. The van der Waals surface area contributed by atoms with Crippen LogP contribution in [0.5, 0.6) is 5.75 Å². The molecule has 0 aliphatic carbocycles. The summed E-state index contributed by atoms with van der Waals surface area (Å²) in [5.41, 5.74) is 2.03. The van der Waals surface area contributed by atoms with Gasteiger partial charge in [-0.15, -0.1) is 0 Å². The Morgan fingerprint density at radius 3 is 2.65 bits per heavy atom. The quantitative estimate of drug-likeness (QED) is 0.403. The summed E-state index contributed by atoms with van der Waals surface area (Å²) in [5, 5.41) is 23.2. The molecule has 2 rings (SSSR count). The van der Waals surface area contributed by atoms with Gasteiger partial charge in [-0.2, -0.15) is 11.8 Å². The van der Waals surface area contributed by atoms with Crippen LogP contribution in [0.15, 0.2) is 53.4 Å². The lowest BCUT2D eigenvalue weighted by Gasteiger charge is -2.14. The predicted octanol–water partition coefficient (Wildman–Crippen LogP) is 3.47. The molecule has 4 nitrogen and oxygen atoms in total. The van der Waals surface area contributed by atoms with Crippen LogP contribution < -0.4 is 5.32 Å². The highest BCUT2D eigenvalue weighted by Gasteiger charge is 2.15. The maximum Gasteiger partial charge on any atom is 0.194 e. The van der Waals surface area contributed by atoms with Crippen molar-refractivity contribution in [2.45, 2.75) is 29.6 Å². The molecule has 6 heteroatoms. The zero-order valence-electron chi connectivity index (χ0n) is 15.1. The van der Waals surface area contributed by atoms with E-state index in [0.717, 1.165) is 30.9 Å². The van der Waals surface area contributed by atoms with Gasteiger partial charge in [0.15, 0.2) is 10.6 Å². The van der Waals surface area contributed by atoms with Gasteiger partial charge in [-0.1, -0.05) is 36.4 Å². The molecule has 0 aliphatic rings. The van der Waals surface area contributed by atoms with Gasteiger partial charge in [0.1, 0.15) is 6.26 Å². The minimum atomic E-state index is -1.28. The molecule has 2 atom stereocenters. The van der Waals surface area contributed by atoms with Gasteiger partial charge in [0.05, 0.1) is 6.10 Å². The fourth-order valence-corrected chi connectivity index (χ4v) is 4.19. The maximum absolute atomic E-state index is 11.6. The highest BCUT2D eigenvalue weighted by molar-refractivity contribution is 7.98. The SMILES string of the molecule is C[S+]([O-])c1cc(C(O)CNCCCCSCc2ccccc2)ccc1O. The van der Waals surface area contributed by atoms with E-state index in [2.05, 4.69) is 29.6 Å². The molecular weight excluding hydrogens is 366 g/mol. The number of aliphatic hydroxyl groups is 1. The average Bonchev–Trinajstić information content (AvgIpc) is 2.64. The van der Waals surface area contributed by atoms with Crippen LogP contribution in [0, 0.1) is 0 Å². The summed E-state index contributed by atoms with van der Waals surface area (Å²) in [6, 6.07) is 15.2. The van der Waals surface area contributed by atoms with Crippen LogP contribution in [0.3, 0.4) is 0 Å². The first-order valence-electron chi connectivity index (χ1n) is 8.74. The van der Waals surface area contributed by atoms with Crippen molar-refractivity contribution in [3.05, 3.63) is 59.7 Å². The molecule has 0 aromatic heterocycles. The van der Waals surface area contributed by atoms with Gasteiger partial charge in [0, 0.05) is 18.4 Å². The Labute approximate surface area is 163 Å². The van der Waals surface area contributed by atoms with Crippen molar-refractivity contribution in [1.29, 1.82) is 0 Å². The van der Waals surface area contributed by atoms with Gasteiger partial charge in [0.2, 0.25) is 0 Å². The second-order valence-electron chi connectivity index (χ2n) is 6.15. The molecule has 0 heterocycles. The molecule has 142 valence electrons. The number of benzene rings is 2. The fourth-order valence-electron chi connectivity index (χ4n) is 2.54. The van der Waals surface area contributed by atoms with Crippen LogP contribution in [0.25, 0.3) is 0 Å². The van der Waals surface area contributed by atoms with Crippen molar-refractivity contribution >= 4 is 22.9 Å². The summed E-state index contributed by atoms with van der Waals surface area (Å²) in [6.07, 6.45) is 3.04. The number of thioether (sulfide) groups is 1. The van der Waals surface area contributed by atoms with Crippen molar-refractivity contribution in [3.63, 3.8) is 0 Å². The Morgan fingerprint density at radius 2 is 1.92 bits per heavy atom. The molecule has 2 unspecified atom stereocenters. The molecule has 2 aromatic rings. The minimum absolute atomic E-state index is 0.00254. The lowest BCUT2D eigenvalue weighted by molar-refractivity contribution is 0.174. The van der Waals surface area contributed by atoms with Crippen LogP contribution in [0.4, 0.5) is 0 Å². The third kappa shape index (κ3) is 7.21. The number of phenolic OH excluding ortho intramolecular Hbond substituents is 1. The smallest absolute Gasteiger partial charge is 0.194 e. The molecule has 0 bridgehead atoms. The lowest BCUT2D eigenvalue weighted by Crippen LogP contribution is -2.22. The first kappa shape index (κ1) is 21.1. The summed E-state index contributed by atoms with van der Waals surface area (Å²) in [6.45, 7) is 1.30. The number of phenols is 1. The number of hydrogen-bond donors (Lipinski definition) is 3. The first-order valence-corrected chi connectivity index (χ1v) is 11.5. The van der Waals surface area contributed by atoms with Gasteiger partial charge in [-0.3, -0.25) is 0 Å². The van der Waals surface area contributed by atoms with Gasteiger partial charge in [0.25, 0.3) is 0 Å². The zero-order valence-corrected chi connectivity index (χ0v) is 16.7. The van der Waals surface area contributed by atoms with Crippen LogP contribution >= 0.6 is 11.8 Å². The van der Waals surface area contributed by atoms with E-state index in [1.807, 2.05) is 17.8 Å². The third-order valence-corrected chi connectivity index (χ3v) is 6.08. The topological polar surface area (TPSA) is 75.5 Å². The molecule has 0 saturated carbocycles. The number of nitrogens with one attached hydrogen (secondary N) is 1. The highest BCUT2D eigenvalue weighted by Crippen LogP contribution is 2.26. The normalized spacial score (nSPS) is 13.5. The molecule has 0 aliphatic heterocycles. The summed E-state index contributed by atoms with van der Waals surface area (Å²) < 4.78 is 11.6. The molecule has 0 saturated heterocycles. The average molecular weight is 394 g/mol. The molecule has 0 radical (unpaired) electrons. The minimum Gasteiger partial charge on any atom is -0.612 e. The molecule has 2 aromatic carbocycles. The lowest BCUT2D eigenvalue weighted by atomic mass is 10.1. The molecular formula is C20H27NO3S2. The van der Waals surface area contributed by atoms with Crippen molar-refractivity contribution in [2.75, 3.05) is 25.1 Å². The van der Waals surface area contributed by atoms with Crippen LogP contribution in [0.2, 0.25) is 0 Å². The number of unbranched alkanes of at least 4 members (excludes halogenated alkanes) is 1. The maximum atomic E-state index is 11.6. The number of rotatable bonds is 11. The van der Waals surface area contributed by atoms with E-state index in [-0.39, 0.29) is 5.75 Å². The number of aliphatic hydroxyl groups excluding tert-OH is 1. The number of hydrogen-bond acceptors (Lipinski definition) is 5. The van der Waals surface area contributed by atoms with E-state index in [9.17, 15) is 14.8 Å². The van der Waals surface area contributed by atoms with Gasteiger partial charge in [-0.05, 0) is 53.5 Å². The summed E-state index contributed by atoms with van der Waals surface area (Å²) in [4.78, 5) is 0.358. The summed E-state index contributed by atoms with van der Waals surface area (Å²) in [7, 11) is 0. The molecule has 0 amide bonds. The van der Waals surface area contributed by atoms with E-state index in [4.69, 9.17) is 0 Å². The van der Waals surface area contributed by atoms with E-state index in [0.29, 0.717) is 17.0 Å². The van der Waals surface area contributed by atoms with E-state index < -0.39 is 17.3 Å².